The van der Waals surface area contributed by atoms with E-state index in [1.165, 1.54) is 25.3 Å². The summed E-state index contributed by atoms with van der Waals surface area (Å²) < 4.78 is 69.2. The van der Waals surface area contributed by atoms with Gasteiger partial charge in [0.25, 0.3) is 0 Å². The third-order valence-electron chi connectivity index (χ3n) is 6.65. The zero-order chi connectivity index (χ0) is 28.7. The second-order valence-corrected chi connectivity index (χ2v) is 10.8. The van der Waals surface area contributed by atoms with Gasteiger partial charge in [-0.05, 0) is 0 Å². The zero-order valence-corrected chi connectivity index (χ0v) is 22.7. The Morgan fingerprint density at radius 2 is 1.44 bits per heavy atom. The van der Waals surface area contributed by atoms with Gasteiger partial charge >= 0.3 is 16.5 Å². The van der Waals surface area contributed by atoms with E-state index in [4.69, 9.17) is 39.4 Å². The summed E-state index contributed by atoms with van der Waals surface area (Å²) in [5.74, 6) is 0.359. The number of rotatable bonds is 10. The summed E-state index contributed by atoms with van der Waals surface area (Å²) in [6, 6.07) is 0. The second-order valence-electron chi connectivity index (χ2n) is 9.11. The van der Waals surface area contributed by atoms with Gasteiger partial charge in [-0.2, -0.15) is 0 Å². The van der Waals surface area contributed by atoms with Crippen LogP contribution < -0.4 is 11.5 Å². The fourth-order valence-electron chi connectivity index (χ4n) is 4.72. The van der Waals surface area contributed by atoms with Crippen LogP contribution in [0.1, 0.15) is 25.3 Å². The molecule has 8 atom stereocenters. The molecule has 2 aliphatic rings. The van der Waals surface area contributed by atoms with Gasteiger partial charge in [0, 0.05) is 22.0 Å². The minimum atomic E-state index is -2.92. The number of nitrogen functional groups attached to an aromatic ring is 2. The molecule has 2 unspecified atom stereocenters. The minimum absolute atomic E-state index is 0.0230. The predicted octanol–water partition coefficient (Wildman–Crippen LogP) is 1.47. The van der Waals surface area contributed by atoms with E-state index in [-0.39, 0.29) is 37.7 Å². The average Bonchev–Trinajstić information content (AvgIpc) is 3.72. The Labute approximate surface area is 231 Å². The molecule has 4 aromatic heterocycles. The molecule has 6 heterocycles. The van der Waals surface area contributed by atoms with Gasteiger partial charge in [-0.1, -0.05) is 0 Å². The minimum Gasteiger partial charge on any atom is -0.382 e. The number of aromatic nitrogens is 8. The van der Waals surface area contributed by atoms with Crippen LogP contribution in [0.25, 0.3) is 22.3 Å². The highest BCUT2D eigenvalue weighted by molar-refractivity contribution is 7.33. The molecule has 0 bridgehead atoms. The molecule has 21 heteroatoms. The fourth-order valence-corrected chi connectivity index (χ4v) is 5.76. The van der Waals surface area contributed by atoms with Crippen molar-refractivity contribution in [2.75, 3.05) is 24.7 Å². The van der Waals surface area contributed by atoms with Crippen molar-refractivity contribution in [3.05, 3.63) is 25.3 Å². The molecule has 6 rings (SSSR count). The third kappa shape index (κ3) is 5.58. The zero-order valence-electron chi connectivity index (χ0n) is 20.9. The van der Waals surface area contributed by atoms with E-state index in [1.54, 1.807) is 9.13 Å². The summed E-state index contributed by atoms with van der Waals surface area (Å²) in [6.07, 6.45) is -0.225. The second kappa shape index (κ2) is 11.5. The van der Waals surface area contributed by atoms with Gasteiger partial charge in [-0.25, -0.2) is 34.3 Å². The first-order valence-corrected chi connectivity index (χ1v) is 14.4. The van der Waals surface area contributed by atoms with Gasteiger partial charge < -0.3 is 20.9 Å². The van der Waals surface area contributed by atoms with Crippen LogP contribution in [0.5, 0.6) is 0 Å². The number of imidazole rings is 2. The van der Waals surface area contributed by atoms with Crippen molar-refractivity contribution in [1.29, 1.82) is 0 Å². The number of nitrogens with two attached hydrogens (primary N) is 2. The molecule has 0 spiro atoms. The van der Waals surface area contributed by atoms with E-state index in [0.717, 1.165) is 0 Å². The first kappa shape index (κ1) is 27.7. The van der Waals surface area contributed by atoms with Crippen LogP contribution in [-0.4, -0.2) is 81.6 Å². The van der Waals surface area contributed by atoms with E-state index in [1.807, 2.05) is 0 Å². The van der Waals surface area contributed by atoms with Crippen LogP contribution in [0.2, 0.25) is 0 Å². The van der Waals surface area contributed by atoms with Crippen LogP contribution in [0.3, 0.4) is 0 Å². The maximum atomic E-state index is 14.8. The Hall–Kier alpha value is -3.41. The van der Waals surface area contributed by atoms with Crippen molar-refractivity contribution in [2.45, 2.75) is 49.8 Å². The predicted molar refractivity (Wildman–Crippen MR) is 136 cm³/mol. The lowest BCUT2D eigenvalue weighted by molar-refractivity contribution is -0.0407. The lowest BCUT2D eigenvalue weighted by Gasteiger charge is -2.13. The molecular formula is C20H23FN10O8P2+2. The van der Waals surface area contributed by atoms with Crippen LogP contribution >= 0.6 is 16.5 Å². The maximum Gasteiger partial charge on any atom is 0.697 e. The molecule has 0 radical (unpaired) electrons. The van der Waals surface area contributed by atoms with E-state index >= 15 is 0 Å². The summed E-state index contributed by atoms with van der Waals surface area (Å²) in [6.45, 7) is -0.716. The highest BCUT2D eigenvalue weighted by Gasteiger charge is 2.46. The number of alkyl halides is 1. The van der Waals surface area contributed by atoms with E-state index in [9.17, 15) is 13.5 Å². The lowest BCUT2D eigenvalue weighted by Crippen LogP contribution is -2.27. The number of ether oxygens (including phenoxy) is 2. The smallest absolute Gasteiger partial charge is 0.382 e. The third-order valence-corrected chi connectivity index (χ3v) is 7.82. The molecule has 2 aliphatic heterocycles. The number of anilines is 2. The van der Waals surface area contributed by atoms with Crippen molar-refractivity contribution < 1.29 is 41.5 Å². The molecule has 0 saturated carbocycles. The summed E-state index contributed by atoms with van der Waals surface area (Å²) >= 11 is 0. The number of fused-ring (bicyclic) bond motifs is 2. The fraction of sp³-hybridized carbons (Fsp3) is 0.500. The number of halogens is 1. The number of hydrogen-bond acceptors (Lipinski definition) is 15. The van der Waals surface area contributed by atoms with Crippen molar-refractivity contribution in [2.24, 2.45) is 0 Å². The molecule has 5 N–H and O–H groups in total. The monoisotopic (exact) mass is 612 g/mol. The molecule has 2 fully saturated rings. The van der Waals surface area contributed by atoms with Crippen molar-refractivity contribution in [3.8, 4) is 0 Å². The molecule has 0 amide bonds. The van der Waals surface area contributed by atoms with Crippen LogP contribution in [0.15, 0.2) is 25.3 Å². The van der Waals surface area contributed by atoms with Crippen LogP contribution in [-0.2, 0) is 32.2 Å². The summed E-state index contributed by atoms with van der Waals surface area (Å²) in [5.41, 5.74) is 13.2. The summed E-state index contributed by atoms with van der Waals surface area (Å²) in [7, 11) is -5.71. The molecule has 0 aromatic carbocycles. The topological polar surface area (TPSA) is 240 Å². The Balaban J connectivity index is 1.09. The summed E-state index contributed by atoms with van der Waals surface area (Å²) in [5, 5.41) is 0. The highest BCUT2D eigenvalue weighted by Crippen LogP contribution is 2.41. The number of hydrogen-bond donors (Lipinski definition) is 3. The van der Waals surface area contributed by atoms with Gasteiger partial charge in [-0.3, -0.25) is 9.13 Å². The van der Waals surface area contributed by atoms with Gasteiger partial charge in [0.05, 0.1) is 12.7 Å². The van der Waals surface area contributed by atoms with Gasteiger partial charge in [0.15, 0.2) is 22.9 Å². The quantitative estimate of drug-likeness (QED) is 0.215. The molecule has 4 aromatic rings. The van der Waals surface area contributed by atoms with Gasteiger partial charge in [0.2, 0.25) is 0 Å². The van der Waals surface area contributed by atoms with Crippen LogP contribution in [0.4, 0.5) is 16.0 Å². The van der Waals surface area contributed by atoms with E-state index in [0.29, 0.717) is 22.3 Å². The van der Waals surface area contributed by atoms with E-state index < -0.39 is 53.4 Å². The van der Waals surface area contributed by atoms with Crippen LogP contribution in [0, 0.1) is 0 Å². The normalized spacial score (nSPS) is 27.2. The highest BCUT2D eigenvalue weighted by atomic mass is 31.1. The Bertz CT molecular complexity index is 1610. The number of nitrogens with zero attached hydrogens (tertiary/aromatic N) is 8. The average molecular weight is 612 g/mol. The molecule has 216 valence electrons. The maximum absolute atomic E-state index is 14.8. The molecule has 41 heavy (non-hydrogen) atoms. The van der Waals surface area contributed by atoms with Crippen molar-refractivity contribution in [1.82, 2.24) is 39.0 Å². The Kier molecular flexibility index (Phi) is 7.76. The Morgan fingerprint density at radius 3 is 2.05 bits per heavy atom. The van der Waals surface area contributed by atoms with Crippen molar-refractivity contribution in [3.63, 3.8) is 0 Å². The Morgan fingerprint density at radius 1 is 0.878 bits per heavy atom. The molecular weight excluding hydrogens is 589 g/mol. The standard InChI is InChI=1S/C20H22FN10O8P2/c21-9-1-13(30-7-28-15-17(22)24-5-26-19(15)30)37-11(9)3-36-41(34)39-10-2-14(38-12(10)4-35-40(32)33)31-8-29-16-18(23)25-6-27-20(16)31/h5-14H,1-4H2,(H4-,22,23,24,25,26,27,32,33)/q+1/p+1/t9-,10+,11-,12-,13-,14-/m1/s1. The first-order valence-electron chi connectivity index (χ1n) is 12.2. The van der Waals surface area contributed by atoms with Crippen molar-refractivity contribution >= 4 is 50.5 Å². The lowest BCUT2D eigenvalue weighted by atomic mass is 10.2. The summed E-state index contributed by atoms with van der Waals surface area (Å²) in [4.78, 5) is 33.5. The van der Waals surface area contributed by atoms with Gasteiger partial charge in [-0.15, -0.1) is 18.5 Å². The molecule has 2 saturated heterocycles. The largest absolute Gasteiger partial charge is 0.697 e. The molecule has 0 aliphatic carbocycles. The SMILES string of the molecule is Nc1ncnc2c1ncn2[C@H]1C[C@@H](F)[C@@H](CO[P+](=O)O[C@H]2C[C@H](n3cnc4c(N)ncnc43)O[C@@H]2CO[P+](=O)O)O1. The first-order chi connectivity index (χ1) is 19.8. The molecule has 18 nitrogen and oxygen atoms in total. The van der Waals surface area contributed by atoms with Gasteiger partial charge in [0.1, 0.15) is 73.8 Å². The van der Waals surface area contributed by atoms with E-state index in [2.05, 4.69) is 29.9 Å².